The van der Waals surface area contributed by atoms with Crippen LogP contribution in [0.1, 0.15) is 58.3 Å². The first-order valence-electron chi connectivity index (χ1n) is 5.85. The maximum Gasteiger partial charge on any atom is 0.135 e. The van der Waals surface area contributed by atoms with Crippen molar-refractivity contribution in [3.63, 3.8) is 0 Å². The summed E-state index contributed by atoms with van der Waals surface area (Å²) in [7, 11) is 0. The zero-order valence-corrected chi connectivity index (χ0v) is 9.63. The van der Waals surface area contributed by atoms with Gasteiger partial charge < -0.3 is 5.11 Å². The molecular formula is C12H22O3. The summed E-state index contributed by atoms with van der Waals surface area (Å²) >= 11 is 0. The third kappa shape index (κ3) is 9.60. The van der Waals surface area contributed by atoms with Gasteiger partial charge in [0.2, 0.25) is 0 Å². The molecule has 0 heterocycles. The number of rotatable bonds is 10. The molecule has 88 valence electrons. The van der Waals surface area contributed by atoms with E-state index in [9.17, 15) is 9.59 Å². The van der Waals surface area contributed by atoms with Gasteiger partial charge in [0, 0.05) is 32.3 Å². The van der Waals surface area contributed by atoms with Crippen molar-refractivity contribution in [1.29, 1.82) is 0 Å². The zero-order valence-electron chi connectivity index (χ0n) is 9.63. The topological polar surface area (TPSA) is 54.4 Å². The minimum atomic E-state index is -0.108. The molecule has 0 saturated heterocycles. The van der Waals surface area contributed by atoms with Crippen LogP contribution in [0.5, 0.6) is 0 Å². The second-order valence-corrected chi connectivity index (χ2v) is 3.86. The molecule has 0 atom stereocenters. The van der Waals surface area contributed by atoms with Gasteiger partial charge >= 0.3 is 0 Å². The van der Waals surface area contributed by atoms with Crippen molar-refractivity contribution in [2.45, 2.75) is 58.3 Å². The molecule has 0 aliphatic rings. The number of aliphatic hydroxyl groups excluding tert-OH is 1. The van der Waals surface area contributed by atoms with Crippen molar-refractivity contribution in [1.82, 2.24) is 0 Å². The van der Waals surface area contributed by atoms with Crippen molar-refractivity contribution >= 4 is 11.6 Å². The van der Waals surface area contributed by atoms with Crippen LogP contribution in [0.3, 0.4) is 0 Å². The lowest BCUT2D eigenvalue weighted by molar-refractivity contribution is -0.124. The van der Waals surface area contributed by atoms with E-state index >= 15 is 0 Å². The molecule has 0 radical (unpaired) electrons. The van der Waals surface area contributed by atoms with Crippen molar-refractivity contribution in [3.05, 3.63) is 0 Å². The highest BCUT2D eigenvalue weighted by atomic mass is 16.3. The second kappa shape index (κ2) is 9.84. The molecule has 0 spiro atoms. The van der Waals surface area contributed by atoms with E-state index in [4.69, 9.17) is 5.11 Å². The quantitative estimate of drug-likeness (QED) is 0.567. The van der Waals surface area contributed by atoms with Gasteiger partial charge in [-0.25, -0.2) is 0 Å². The number of hydrogen-bond donors (Lipinski definition) is 1. The lowest BCUT2D eigenvalue weighted by Crippen LogP contribution is -2.05. The minimum Gasteiger partial charge on any atom is -0.396 e. The predicted octanol–water partition coefficient (Wildman–Crippen LogP) is 2.26. The van der Waals surface area contributed by atoms with Crippen LogP contribution in [-0.2, 0) is 9.59 Å². The predicted molar refractivity (Wildman–Crippen MR) is 59.7 cm³/mol. The summed E-state index contributed by atoms with van der Waals surface area (Å²) in [6.07, 6.45) is 5.83. The first-order chi connectivity index (χ1) is 7.20. The molecule has 0 unspecified atom stereocenters. The van der Waals surface area contributed by atoms with Crippen LogP contribution >= 0.6 is 0 Å². The summed E-state index contributed by atoms with van der Waals surface area (Å²) in [6.45, 7) is 2.03. The van der Waals surface area contributed by atoms with Crippen LogP contribution in [0.15, 0.2) is 0 Å². The highest BCUT2D eigenvalue weighted by Gasteiger charge is 2.06. The molecule has 0 saturated carbocycles. The first kappa shape index (κ1) is 14.3. The molecule has 0 bridgehead atoms. The summed E-state index contributed by atoms with van der Waals surface area (Å²) in [5, 5.41) is 8.50. The van der Waals surface area contributed by atoms with E-state index in [1.54, 1.807) is 0 Å². The van der Waals surface area contributed by atoms with Gasteiger partial charge in [-0.2, -0.15) is 0 Å². The zero-order chi connectivity index (χ0) is 11.5. The van der Waals surface area contributed by atoms with Gasteiger partial charge in [0.1, 0.15) is 11.6 Å². The van der Waals surface area contributed by atoms with Crippen molar-refractivity contribution in [2.24, 2.45) is 0 Å². The Bertz CT molecular complexity index is 187. The lowest BCUT2D eigenvalue weighted by atomic mass is 10.0. The van der Waals surface area contributed by atoms with Gasteiger partial charge in [0.05, 0.1) is 0 Å². The maximum absolute atomic E-state index is 11.3. The molecule has 3 heteroatoms. The second-order valence-electron chi connectivity index (χ2n) is 3.86. The van der Waals surface area contributed by atoms with E-state index in [0.29, 0.717) is 19.3 Å². The molecule has 0 aromatic heterocycles. The van der Waals surface area contributed by atoms with Gasteiger partial charge in [-0.15, -0.1) is 0 Å². The highest BCUT2D eigenvalue weighted by molar-refractivity contribution is 5.85. The maximum atomic E-state index is 11.3. The van der Waals surface area contributed by atoms with E-state index < -0.39 is 0 Å². The normalized spacial score (nSPS) is 10.3. The van der Waals surface area contributed by atoms with Gasteiger partial charge in [0.15, 0.2) is 0 Å². The average Bonchev–Trinajstić information content (AvgIpc) is 2.22. The SMILES string of the molecule is CCCCCCC(=O)CCC(=O)CCO. The van der Waals surface area contributed by atoms with E-state index in [2.05, 4.69) is 6.92 Å². The van der Waals surface area contributed by atoms with Gasteiger partial charge in [-0.3, -0.25) is 9.59 Å². The summed E-state index contributed by atoms with van der Waals surface area (Å²) in [6, 6.07) is 0. The molecular weight excluding hydrogens is 192 g/mol. The van der Waals surface area contributed by atoms with Crippen LogP contribution < -0.4 is 0 Å². The molecule has 0 aromatic rings. The number of aliphatic hydroxyl groups is 1. The third-order valence-electron chi connectivity index (χ3n) is 2.38. The van der Waals surface area contributed by atoms with E-state index in [1.165, 1.54) is 12.8 Å². The smallest absolute Gasteiger partial charge is 0.135 e. The molecule has 0 aromatic carbocycles. The molecule has 0 fully saturated rings. The molecule has 0 aliphatic heterocycles. The van der Waals surface area contributed by atoms with E-state index in [0.717, 1.165) is 12.8 Å². The molecule has 1 N–H and O–H groups in total. The number of Topliss-reactive ketones (excluding diaryl/α,β-unsaturated/α-hetero) is 2. The number of unbranched alkanes of at least 4 members (excludes halogenated alkanes) is 3. The third-order valence-corrected chi connectivity index (χ3v) is 2.38. The molecule has 0 rings (SSSR count). The summed E-state index contributed by atoms with van der Waals surface area (Å²) in [5.74, 6) is 0.164. The molecule has 3 nitrogen and oxygen atoms in total. The standard InChI is InChI=1S/C12H22O3/c1-2-3-4-5-6-11(14)7-8-12(15)9-10-13/h13H,2-10H2,1H3. The van der Waals surface area contributed by atoms with Crippen molar-refractivity contribution in [2.75, 3.05) is 6.61 Å². The van der Waals surface area contributed by atoms with E-state index in [-0.39, 0.29) is 24.6 Å². The number of carbonyl (C=O) groups excluding carboxylic acids is 2. The molecule has 15 heavy (non-hydrogen) atoms. The number of ketones is 2. The van der Waals surface area contributed by atoms with Crippen LogP contribution in [-0.4, -0.2) is 23.3 Å². The molecule has 0 aliphatic carbocycles. The largest absolute Gasteiger partial charge is 0.396 e. The Kier molecular flexibility index (Phi) is 9.38. The van der Waals surface area contributed by atoms with E-state index in [1.807, 2.05) is 0 Å². The first-order valence-corrected chi connectivity index (χ1v) is 5.85. The molecule has 0 amide bonds. The summed E-state index contributed by atoms with van der Waals surface area (Å²) in [5.41, 5.74) is 0. The fraction of sp³-hybridized carbons (Fsp3) is 0.833. The monoisotopic (exact) mass is 214 g/mol. The van der Waals surface area contributed by atoms with Crippen LogP contribution in [0.2, 0.25) is 0 Å². The Hall–Kier alpha value is -0.700. The van der Waals surface area contributed by atoms with Crippen LogP contribution in [0.4, 0.5) is 0 Å². The minimum absolute atomic E-state index is 0.0144. The Labute approximate surface area is 91.9 Å². The van der Waals surface area contributed by atoms with Crippen molar-refractivity contribution in [3.8, 4) is 0 Å². The summed E-state index contributed by atoms with van der Waals surface area (Å²) < 4.78 is 0. The van der Waals surface area contributed by atoms with Gasteiger partial charge in [0.25, 0.3) is 0 Å². The summed E-state index contributed by atoms with van der Waals surface area (Å²) in [4.78, 5) is 22.3. The van der Waals surface area contributed by atoms with Gasteiger partial charge in [-0.05, 0) is 6.42 Å². The van der Waals surface area contributed by atoms with Crippen molar-refractivity contribution < 1.29 is 14.7 Å². The fourth-order valence-electron chi connectivity index (χ4n) is 1.40. The van der Waals surface area contributed by atoms with Crippen LogP contribution in [0, 0.1) is 0 Å². The van der Waals surface area contributed by atoms with Crippen LogP contribution in [0.25, 0.3) is 0 Å². The fourth-order valence-corrected chi connectivity index (χ4v) is 1.40. The lowest BCUT2D eigenvalue weighted by Gasteiger charge is -2.00. The Balaban J connectivity index is 3.36. The Morgan fingerprint density at radius 2 is 1.47 bits per heavy atom. The average molecular weight is 214 g/mol. The highest BCUT2D eigenvalue weighted by Crippen LogP contribution is 2.06. The Morgan fingerprint density at radius 3 is 2.00 bits per heavy atom. The van der Waals surface area contributed by atoms with Gasteiger partial charge in [-0.1, -0.05) is 26.2 Å². The number of carbonyl (C=O) groups is 2. The Morgan fingerprint density at radius 1 is 0.867 bits per heavy atom. The number of hydrogen-bond acceptors (Lipinski definition) is 3.